The molecular weight excluding hydrogens is 341 g/mol. The predicted molar refractivity (Wildman–Crippen MR) is 93.5 cm³/mol. The normalized spacial score (nSPS) is 17.0. The lowest BCUT2D eigenvalue weighted by Crippen LogP contribution is -2.36. The molecule has 1 atom stereocenters. The monoisotopic (exact) mass is 365 g/mol. The highest BCUT2D eigenvalue weighted by Crippen LogP contribution is 2.20. The minimum atomic E-state index is -0.475. The molecule has 1 aromatic heterocycles. The van der Waals surface area contributed by atoms with Crippen LogP contribution >= 0.6 is 24.8 Å². The maximum atomic E-state index is 12.0. The molecule has 0 radical (unpaired) electrons. The zero-order chi connectivity index (χ0) is 15.5. The van der Waals surface area contributed by atoms with E-state index in [2.05, 4.69) is 4.98 Å². The van der Waals surface area contributed by atoms with Gasteiger partial charge in [-0.2, -0.15) is 0 Å². The molecule has 2 N–H and O–H groups in total. The smallest absolute Gasteiger partial charge is 0.410 e. The number of halogens is 2. The Bertz CT molecular complexity index is 509. The lowest BCUT2D eigenvalue weighted by molar-refractivity contribution is 0.0275. The van der Waals surface area contributed by atoms with Crippen molar-refractivity contribution in [2.24, 2.45) is 5.73 Å². The molecule has 1 aromatic rings. The third kappa shape index (κ3) is 6.81. The van der Waals surface area contributed by atoms with Crippen LogP contribution in [0.2, 0.25) is 0 Å². The summed E-state index contributed by atoms with van der Waals surface area (Å²) in [6.45, 7) is 7.15. The van der Waals surface area contributed by atoms with Crippen LogP contribution in [0.4, 0.5) is 4.79 Å². The van der Waals surface area contributed by atoms with Crippen LogP contribution in [-0.2, 0) is 11.3 Å². The molecule has 6 nitrogen and oxygen atoms in total. The van der Waals surface area contributed by atoms with E-state index < -0.39 is 5.60 Å². The first kappa shape index (κ1) is 21.8. The molecule has 0 saturated carbocycles. The summed E-state index contributed by atoms with van der Waals surface area (Å²) in [5, 5.41) is 0. The van der Waals surface area contributed by atoms with Crippen molar-refractivity contribution in [3.05, 3.63) is 24.0 Å². The number of aromatic nitrogens is 1. The van der Waals surface area contributed by atoms with E-state index in [1.807, 2.05) is 26.8 Å². The van der Waals surface area contributed by atoms with Crippen LogP contribution in [-0.4, -0.2) is 40.8 Å². The molecule has 1 aliphatic heterocycles. The van der Waals surface area contributed by atoms with Gasteiger partial charge in [-0.15, -0.1) is 24.8 Å². The Hall–Kier alpha value is -1.24. The van der Waals surface area contributed by atoms with Crippen LogP contribution in [0.3, 0.4) is 0 Å². The van der Waals surface area contributed by atoms with Gasteiger partial charge in [0, 0.05) is 31.8 Å². The zero-order valence-corrected chi connectivity index (χ0v) is 15.3. The summed E-state index contributed by atoms with van der Waals surface area (Å²) in [5.41, 5.74) is 5.87. The number of hydrogen-bond acceptors (Lipinski definition) is 5. The second kappa shape index (κ2) is 9.15. The second-order valence-corrected chi connectivity index (χ2v) is 6.14. The van der Waals surface area contributed by atoms with Gasteiger partial charge in [0.15, 0.2) is 0 Å². The van der Waals surface area contributed by atoms with E-state index in [1.165, 1.54) is 0 Å². The zero-order valence-electron chi connectivity index (χ0n) is 13.7. The third-order valence-corrected chi connectivity index (χ3v) is 3.10. The van der Waals surface area contributed by atoms with Crippen molar-refractivity contribution in [1.29, 1.82) is 0 Å². The van der Waals surface area contributed by atoms with Gasteiger partial charge in [-0.1, -0.05) is 0 Å². The molecule has 132 valence electrons. The number of ether oxygens (including phenoxy) is 2. The van der Waals surface area contributed by atoms with Crippen molar-refractivity contribution in [3.63, 3.8) is 0 Å². The summed E-state index contributed by atoms with van der Waals surface area (Å²) >= 11 is 0. The SMILES string of the molecule is CC(C)(C)OC(=O)N1CCC(Oc2ccnc(CN)c2)C1.Cl.Cl. The average molecular weight is 366 g/mol. The molecule has 1 fully saturated rings. The first-order valence-corrected chi connectivity index (χ1v) is 7.17. The quantitative estimate of drug-likeness (QED) is 0.890. The molecule has 23 heavy (non-hydrogen) atoms. The van der Waals surface area contributed by atoms with Crippen molar-refractivity contribution >= 4 is 30.9 Å². The number of amides is 1. The Morgan fingerprint density at radius 2 is 2.13 bits per heavy atom. The van der Waals surface area contributed by atoms with Crippen LogP contribution in [0.1, 0.15) is 32.9 Å². The number of nitrogens with two attached hydrogens (primary N) is 1. The first-order chi connectivity index (χ1) is 9.87. The Balaban J connectivity index is 0.00000242. The molecule has 1 saturated heterocycles. The van der Waals surface area contributed by atoms with E-state index in [4.69, 9.17) is 15.2 Å². The van der Waals surface area contributed by atoms with E-state index in [0.717, 1.165) is 17.9 Å². The summed E-state index contributed by atoms with van der Waals surface area (Å²) in [6, 6.07) is 3.63. The number of hydrogen-bond donors (Lipinski definition) is 1. The maximum absolute atomic E-state index is 12.0. The van der Waals surface area contributed by atoms with Gasteiger partial charge in [-0.05, 0) is 26.8 Å². The van der Waals surface area contributed by atoms with Crippen molar-refractivity contribution in [3.8, 4) is 5.75 Å². The summed E-state index contributed by atoms with van der Waals surface area (Å²) < 4.78 is 11.2. The van der Waals surface area contributed by atoms with E-state index in [0.29, 0.717) is 19.6 Å². The summed E-state index contributed by atoms with van der Waals surface area (Å²) in [5.74, 6) is 0.737. The molecule has 0 bridgehead atoms. The minimum Gasteiger partial charge on any atom is -0.488 e. The Morgan fingerprint density at radius 1 is 1.43 bits per heavy atom. The largest absolute Gasteiger partial charge is 0.488 e. The van der Waals surface area contributed by atoms with Crippen molar-refractivity contribution < 1.29 is 14.3 Å². The molecule has 1 amide bonds. The van der Waals surface area contributed by atoms with Gasteiger partial charge < -0.3 is 20.1 Å². The Kier molecular flexibility index (Phi) is 8.66. The maximum Gasteiger partial charge on any atom is 0.410 e. The van der Waals surface area contributed by atoms with Gasteiger partial charge in [0.2, 0.25) is 0 Å². The number of nitrogens with zero attached hydrogens (tertiary/aromatic N) is 2. The fourth-order valence-corrected chi connectivity index (χ4v) is 2.15. The lowest BCUT2D eigenvalue weighted by atomic mass is 10.2. The van der Waals surface area contributed by atoms with E-state index in [1.54, 1.807) is 17.2 Å². The molecule has 2 heterocycles. The van der Waals surface area contributed by atoms with Gasteiger partial charge in [0.05, 0.1) is 12.2 Å². The van der Waals surface area contributed by atoms with Crippen LogP contribution < -0.4 is 10.5 Å². The average Bonchev–Trinajstić information content (AvgIpc) is 2.85. The first-order valence-electron chi connectivity index (χ1n) is 7.17. The topological polar surface area (TPSA) is 77.7 Å². The number of carbonyl (C=O) groups is 1. The Labute approximate surface area is 149 Å². The van der Waals surface area contributed by atoms with Gasteiger partial charge in [-0.25, -0.2) is 4.79 Å². The van der Waals surface area contributed by atoms with Crippen molar-refractivity contribution in [2.45, 2.75) is 45.4 Å². The van der Waals surface area contributed by atoms with Crippen molar-refractivity contribution in [2.75, 3.05) is 13.1 Å². The van der Waals surface area contributed by atoms with Crippen LogP contribution in [0.25, 0.3) is 0 Å². The van der Waals surface area contributed by atoms with Crippen LogP contribution in [0, 0.1) is 0 Å². The molecule has 1 aliphatic rings. The molecule has 0 aliphatic carbocycles. The molecular formula is C15H25Cl2N3O3. The number of pyridine rings is 1. The molecule has 8 heteroatoms. The van der Waals surface area contributed by atoms with Crippen LogP contribution in [0.15, 0.2) is 18.3 Å². The number of carbonyl (C=O) groups excluding carboxylic acids is 1. The van der Waals surface area contributed by atoms with Crippen molar-refractivity contribution in [1.82, 2.24) is 9.88 Å². The van der Waals surface area contributed by atoms with Gasteiger partial charge >= 0.3 is 6.09 Å². The van der Waals surface area contributed by atoms with Gasteiger partial charge in [0.1, 0.15) is 17.5 Å². The van der Waals surface area contributed by atoms with Crippen LogP contribution in [0.5, 0.6) is 5.75 Å². The van der Waals surface area contributed by atoms with Gasteiger partial charge in [0.25, 0.3) is 0 Å². The summed E-state index contributed by atoms with van der Waals surface area (Å²) in [4.78, 5) is 17.8. The number of likely N-dealkylation sites (tertiary alicyclic amines) is 1. The fraction of sp³-hybridized carbons (Fsp3) is 0.600. The van der Waals surface area contributed by atoms with E-state index in [9.17, 15) is 4.79 Å². The van der Waals surface area contributed by atoms with E-state index >= 15 is 0 Å². The summed E-state index contributed by atoms with van der Waals surface area (Å²) in [6.07, 6.45) is 2.16. The lowest BCUT2D eigenvalue weighted by Gasteiger charge is -2.24. The molecule has 1 unspecified atom stereocenters. The predicted octanol–water partition coefficient (Wildman–Crippen LogP) is 2.77. The molecule has 0 spiro atoms. The van der Waals surface area contributed by atoms with E-state index in [-0.39, 0.29) is 37.0 Å². The second-order valence-electron chi connectivity index (χ2n) is 6.14. The highest BCUT2D eigenvalue weighted by Gasteiger charge is 2.30. The molecule has 0 aromatic carbocycles. The highest BCUT2D eigenvalue weighted by molar-refractivity contribution is 5.85. The van der Waals surface area contributed by atoms with Gasteiger partial charge in [-0.3, -0.25) is 4.98 Å². The highest BCUT2D eigenvalue weighted by atomic mass is 35.5. The minimum absolute atomic E-state index is 0. The Morgan fingerprint density at radius 3 is 2.74 bits per heavy atom. The standard InChI is InChI=1S/C15H23N3O3.2ClH/c1-15(2,3)21-14(19)18-7-5-13(10-18)20-12-4-6-17-11(8-12)9-16;;/h4,6,8,13H,5,7,9-10,16H2,1-3H3;2*1H. The number of rotatable bonds is 3. The summed E-state index contributed by atoms with van der Waals surface area (Å²) in [7, 11) is 0. The third-order valence-electron chi connectivity index (χ3n) is 3.10. The molecule has 2 rings (SSSR count). The fourth-order valence-electron chi connectivity index (χ4n) is 2.15.